The molecule has 0 aliphatic carbocycles. The number of benzene rings is 3. The van der Waals surface area contributed by atoms with Crippen LogP contribution in [0.2, 0.25) is 0 Å². The molecular weight excluding hydrogens is 407 g/mol. The molecule has 1 unspecified atom stereocenters. The summed E-state index contributed by atoms with van der Waals surface area (Å²) in [6.07, 6.45) is 0.727. The van der Waals surface area contributed by atoms with Crippen LogP contribution in [0.25, 0.3) is 0 Å². The number of carbonyl (C=O) groups is 2. The van der Waals surface area contributed by atoms with E-state index >= 15 is 0 Å². The largest absolute Gasteiger partial charge is 0.484 e. The van der Waals surface area contributed by atoms with Crippen molar-refractivity contribution in [3.05, 3.63) is 101 Å². The maximum absolute atomic E-state index is 13.5. The molecular formula is C26H25FN2O3. The smallest absolute Gasteiger partial charge is 0.258 e. The first-order valence-electron chi connectivity index (χ1n) is 10.6. The Hall–Kier alpha value is -3.67. The Morgan fingerprint density at radius 2 is 1.81 bits per heavy atom. The molecule has 0 fully saturated rings. The third-order valence-electron chi connectivity index (χ3n) is 5.64. The van der Waals surface area contributed by atoms with Crippen molar-refractivity contribution < 1.29 is 18.7 Å². The highest BCUT2D eigenvalue weighted by Crippen LogP contribution is 2.37. The SMILES string of the molecule is CC(=O)N1CCc2ccc(OCC(=O)NCc3ccccc3)cc2C1c1ccc(F)cc1. The number of fused-ring (bicyclic) bond motifs is 1. The minimum Gasteiger partial charge on any atom is -0.484 e. The highest BCUT2D eigenvalue weighted by Gasteiger charge is 2.30. The number of hydrogen-bond donors (Lipinski definition) is 1. The summed E-state index contributed by atoms with van der Waals surface area (Å²) in [5, 5.41) is 2.84. The molecule has 0 saturated heterocycles. The van der Waals surface area contributed by atoms with Gasteiger partial charge in [0.05, 0.1) is 6.04 Å². The number of nitrogens with one attached hydrogen (secondary N) is 1. The van der Waals surface area contributed by atoms with Gasteiger partial charge in [0.2, 0.25) is 5.91 Å². The van der Waals surface area contributed by atoms with Crippen LogP contribution in [0, 0.1) is 5.82 Å². The number of amides is 2. The first kappa shape index (κ1) is 21.6. The molecule has 4 rings (SSSR count). The third kappa shape index (κ3) is 4.97. The van der Waals surface area contributed by atoms with E-state index in [0.29, 0.717) is 18.8 Å². The van der Waals surface area contributed by atoms with E-state index in [2.05, 4.69) is 5.32 Å². The molecule has 6 heteroatoms. The van der Waals surface area contributed by atoms with Crippen LogP contribution >= 0.6 is 0 Å². The summed E-state index contributed by atoms with van der Waals surface area (Å²) in [6, 6.07) is 21.2. The molecule has 3 aromatic rings. The molecule has 0 bridgehead atoms. The Labute approximate surface area is 186 Å². The van der Waals surface area contributed by atoms with E-state index in [-0.39, 0.29) is 30.3 Å². The minimum absolute atomic E-state index is 0.0448. The average Bonchev–Trinajstić information content (AvgIpc) is 2.81. The van der Waals surface area contributed by atoms with Crippen molar-refractivity contribution in [2.45, 2.75) is 25.9 Å². The quantitative estimate of drug-likeness (QED) is 0.640. The highest BCUT2D eigenvalue weighted by atomic mass is 19.1. The predicted octanol–water partition coefficient (Wildman–Crippen LogP) is 4.01. The number of ether oxygens (including phenoxy) is 1. The lowest BCUT2D eigenvalue weighted by Gasteiger charge is -2.37. The minimum atomic E-state index is -0.327. The van der Waals surface area contributed by atoms with Crippen molar-refractivity contribution in [1.29, 1.82) is 0 Å². The first-order valence-corrected chi connectivity index (χ1v) is 10.6. The fraction of sp³-hybridized carbons (Fsp3) is 0.231. The Morgan fingerprint density at radius 3 is 2.53 bits per heavy atom. The van der Waals surface area contributed by atoms with Crippen LogP contribution in [-0.4, -0.2) is 29.9 Å². The van der Waals surface area contributed by atoms with E-state index in [1.54, 1.807) is 24.0 Å². The number of halogens is 1. The van der Waals surface area contributed by atoms with Crippen LogP contribution in [0.5, 0.6) is 5.75 Å². The standard InChI is InChI=1S/C26H25FN2O3/c1-18(30)29-14-13-20-9-12-23(15-24(20)26(29)21-7-10-22(27)11-8-21)32-17-25(31)28-16-19-5-3-2-4-6-19/h2-12,15,26H,13-14,16-17H2,1H3,(H,28,31). The van der Waals surface area contributed by atoms with Crippen LogP contribution < -0.4 is 10.1 Å². The number of nitrogens with zero attached hydrogens (tertiary/aromatic N) is 1. The van der Waals surface area contributed by atoms with E-state index in [0.717, 1.165) is 28.7 Å². The van der Waals surface area contributed by atoms with Crippen LogP contribution in [0.15, 0.2) is 72.8 Å². The molecule has 1 atom stereocenters. The van der Waals surface area contributed by atoms with Crippen molar-refractivity contribution in [3.63, 3.8) is 0 Å². The maximum Gasteiger partial charge on any atom is 0.258 e. The molecule has 1 aliphatic heterocycles. The maximum atomic E-state index is 13.5. The molecule has 0 spiro atoms. The average molecular weight is 432 g/mol. The van der Waals surface area contributed by atoms with Gasteiger partial charge in [-0.05, 0) is 52.9 Å². The van der Waals surface area contributed by atoms with Gasteiger partial charge < -0.3 is 15.0 Å². The Bertz CT molecular complexity index is 1100. The molecule has 1 heterocycles. The summed E-state index contributed by atoms with van der Waals surface area (Å²) < 4.78 is 19.2. The van der Waals surface area contributed by atoms with Gasteiger partial charge in [-0.3, -0.25) is 9.59 Å². The topological polar surface area (TPSA) is 58.6 Å². The van der Waals surface area contributed by atoms with Gasteiger partial charge in [-0.25, -0.2) is 4.39 Å². The van der Waals surface area contributed by atoms with Gasteiger partial charge in [-0.2, -0.15) is 0 Å². The molecule has 3 aromatic carbocycles. The summed E-state index contributed by atoms with van der Waals surface area (Å²) in [4.78, 5) is 26.3. The lowest BCUT2D eigenvalue weighted by molar-refractivity contribution is -0.130. The van der Waals surface area contributed by atoms with Crippen LogP contribution in [0.3, 0.4) is 0 Å². The van der Waals surface area contributed by atoms with Crippen LogP contribution in [0.1, 0.15) is 35.2 Å². The molecule has 1 N–H and O–H groups in total. The van der Waals surface area contributed by atoms with Crippen molar-refractivity contribution >= 4 is 11.8 Å². The molecule has 0 radical (unpaired) electrons. The highest BCUT2D eigenvalue weighted by molar-refractivity contribution is 5.77. The molecule has 2 amide bonds. The fourth-order valence-corrected chi connectivity index (χ4v) is 4.02. The molecule has 0 aromatic heterocycles. The molecule has 32 heavy (non-hydrogen) atoms. The van der Waals surface area contributed by atoms with Gasteiger partial charge in [0.25, 0.3) is 5.91 Å². The third-order valence-corrected chi connectivity index (χ3v) is 5.64. The van der Waals surface area contributed by atoms with Crippen LogP contribution in [0.4, 0.5) is 4.39 Å². The Kier molecular flexibility index (Phi) is 6.50. The zero-order valence-electron chi connectivity index (χ0n) is 17.9. The molecule has 0 saturated carbocycles. The zero-order valence-corrected chi connectivity index (χ0v) is 17.9. The van der Waals surface area contributed by atoms with Gasteiger partial charge in [-0.1, -0.05) is 48.5 Å². The lowest BCUT2D eigenvalue weighted by atomic mass is 9.88. The van der Waals surface area contributed by atoms with Gasteiger partial charge in [0.15, 0.2) is 6.61 Å². The second kappa shape index (κ2) is 9.64. The van der Waals surface area contributed by atoms with Crippen molar-refractivity contribution in [2.24, 2.45) is 0 Å². The summed E-state index contributed by atoms with van der Waals surface area (Å²) in [5.41, 5.74) is 3.89. The summed E-state index contributed by atoms with van der Waals surface area (Å²) in [5.74, 6) is -0.0301. The second-order valence-electron chi connectivity index (χ2n) is 7.83. The van der Waals surface area contributed by atoms with E-state index in [1.165, 1.54) is 12.1 Å². The summed E-state index contributed by atoms with van der Waals surface area (Å²) >= 11 is 0. The fourth-order valence-electron chi connectivity index (χ4n) is 4.02. The van der Waals surface area contributed by atoms with Crippen molar-refractivity contribution in [1.82, 2.24) is 10.2 Å². The number of carbonyl (C=O) groups excluding carboxylic acids is 2. The Morgan fingerprint density at radius 1 is 1.06 bits per heavy atom. The van der Waals surface area contributed by atoms with E-state index < -0.39 is 0 Å². The molecule has 164 valence electrons. The van der Waals surface area contributed by atoms with Crippen LogP contribution in [-0.2, 0) is 22.6 Å². The van der Waals surface area contributed by atoms with Crippen molar-refractivity contribution in [2.75, 3.05) is 13.2 Å². The predicted molar refractivity (Wildman–Crippen MR) is 120 cm³/mol. The van der Waals surface area contributed by atoms with Gasteiger partial charge in [0.1, 0.15) is 11.6 Å². The van der Waals surface area contributed by atoms with E-state index in [1.807, 2.05) is 48.5 Å². The van der Waals surface area contributed by atoms with Gasteiger partial charge in [0, 0.05) is 20.0 Å². The lowest BCUT2D eigenvalue weighted by Crippen LogP contribution is -2.39. The number of rotatable bonds is 6. The second-order valence-corrected chi connectivity index (χ2v) is 7.83. The van der Waals surface area contributed by atoms with E-state index in [9.17, 15) is 14.0 Å². The normalized spacial score (nSPS) is 15.1. The zero-order chi connectivity index (χ0) is 22.5. The van der Waals surface area contributed by atoms with Gasteiger partial charge in [-0.15, -0.1) is 0 Å². The molecule has 5 nitrogen and oxygen atoms in total. The summed E-state index contributed by atoms with van der Waals surface area (Å²) in [6.45, 7) is 2.46. The Balaban J connectivity index is 1.50. The van der Waals surface area contributed by atoms with Crippen molar-refractivity contribution in [3.8, 4) is 5.75 Å². The number of hydrogen-bond acceptors (Lipinski definition) is 3. The molecule has 1 aliphatic rings. The van der Waals surface area contributed by atoms with Gasteiger partial charge >= 0.3 is 0 Å². The van der Waals surface area contributed by atoms with E-state index in [4.69, 9.17) is 4.74 Å². The summed E-state index contributed by atoms with van der Waals surface area (Å²) in [7, 11) is 0. The first-order chi connectivity index (χ1) is 15.5. The monoisotopic (exact) mass is 432 g/mol.